The Morgan fingerprint density at radius 3 is 2.53 bits per heavy atom. The third kappa shape index (κ3) is 2.85. The molecule has 0 saturated heterocycles. The second-order valence-electron chi connectivity index (χ2n) is 3.93. The van der Waals surface area contributed by atoms with Gasteiger partial charge in [0.2, 0.25) is 0 Å². The molecule has 0 spiro atoms. The van der Waals surface area contributed by atoms with E-state index >= 15 is 0 Å². The van der Waals surface area contributed by atoms with Gasteiger partial charge >= 0.3 is 0 Å². The van der Waals surface area contributed by atoms with Gasteiger partial charge in [-0.1, -0.05) is 11.6 Å². The number of phenolic OH excluding ortho intramolecular Hbond substituents is 1. The summed E-state index contributed by atoms with van der Waals surface area (Å²) in [6, 6.07) is 4.82. The normalized spacial score (nSPS) is 11.5. The van der Waals surface area contributed by atoms with E-state index in [4.69, 9.17) is 11.6 Å². The van der Waals surface area contributed by atoms with E-state index in [2.05, 4.69) is 4.98 Å². The second kappa shape index (κ2) is 4.79. The van der Waals surface area contributed by atoms with E-state index in [1.54, 1.807) is 0 Å². The first-order valence-electron chi connectivity index (χ1n) is 5.13. The SMILES string of the molecule is CS(=O)(=O)c1ccc(-c2cc(Cl)c(O)cc2F)nc1. The zero-order valence-corrected chi connectivity index (χ0v) is 11.3. The minimum atomic E-state index is -3.35. The highest BCUT2D eigenvalue weighted by molar-refractivity contribution is 7.90. The fourth-order valence-corrected chi connectivity index (χ4v) is 2.21. The van der Waals surface area contributed by atoms with Crippen LogP contribution in [-0.4, -0.2) is 24.8 Å². The molecule has 0 aliphatic carbocycles. The summed E-state index contributed by atoms with van der Waals surface area (Å²) >= 11 is 5.70. The Morgan fingerprint density at radius 1 is 1.32 bits per heavy atom. The van der Waals surface area contributed by atoms with Crippen LogP contribution in [0.1, 0.15) is 0 Å². The number of aromatic nitrogens is 1. The van der Waals surface area contributed by atoms with Gasteiger partial charge in [0.25, 0.3) is 0 Å². The molecule has 0 aliphatic rings. The Hall–Kier alpha value is -1.66. The lowest BCUT2D eigenvalue weighted by molar-refractivity contribution is 0.469. The molecule has 1 N–H and O–H groups in total. The van der Waals surface area contributed by atoms with Gasteiger partial charge in [-0.15, -0.1) is 0 Å². The van der Waals surface area contributed by atoms with Gasteiger partial charge in [0.05, 0.1) is 15.6 Å². The van der Waals surface area contributed by atoms with Gasteiger partial charge in [-0.25, -0.2) is 12.8 Å². The molecular weight excluding hydrogens is 293 g/mol. The first kappa shape index (κ1) is 13.8. The Morgan fingerprint density at radius 2 is 2.00 bits per heavy atom. The molecule has 0 fully saturated rings. The Bertz CT molecular complexity index is 729. The van der Waals surface area contributed by atoms with Crippen molar-refractivity contribution in [1.29, 1.82) is 0 Å². The predicted octanol–water partition coefficient (Wildman–Crippen LogP) is 2.65. The van der Waals surface area contributed by atoms with Crippen LogP contribution in [0, 0.1) is 5.82 Å². The van der Waals surface area contributed by atoms with Gasteiger partial charge in [-0.3, -0.25) is 4.98 Å². The molecule has 100 valence electrons. The fraction of sp³-hybridized carbons (Fsp3) is 0.0833. The smallest absolute Gasteiger partial charge is 0.177 e. The summed E-state index contributed by atoms with van der Waals surface area (Å²) in [5.41, 5.74) is 0.314. The van der Waals surface area contributed by atoms with Crippen molar-refractivity contribution in [2.45, 2.75) is 4.90 Å². The summed E-state index contributed by atoms with van der Waals surface area (Å²) in [5.74, 6) is -1.06. The highest BCUT2D eigenvalue weighted by Crippen LogP contribution is 2.31. The Balaban J connectivity index is 2.52. The maximum absolute atomic E-state index is 13.7. The zero-order valence-electron chi connectivity index (χ0n) is 9.76. The van der Waals surface area contributed by atoms with Gasteiger partial charge in [0, 0.05) is 24.1 Å². The minimum Gasteiger partial charge on any atom is -0.506 e. The van der Waals surface area contributed by atoms with Crippen molar-refractivity contribution < 1.29 is 17.9 Å². The number of nitrogens with zero attached hydrogens (tertiary/aromatic N) is 1. The number of phenols is 1. The quantitative estimate of drug-likeness (QED) is 0.926. The molecule has 1 aromatic carbocycles. The summed E-state index contributed by atoms with van der Waals surface area (Å²) in [6.45, 7) is 0. The van der Waals surface area contributed by atoms with E-state index in [0.717, 1.165) is 18.5 Å². The number of sulfone groups is 1. The molecule has 19 heavy (non-hydrogen) atoms. The lowest BCUT2D eigenvalue weighted by atomic mass is 10.1. The van der Waals surface area contributed by atoms with Crippen LogP contribution in [0.25, 0.3) is 11.3 Å². The van der Waals surface area contributed by atoms with E-state index < -0.39 is 15.7 Å². The fourth-order valence-electron chi connectivity index (χ4n) is 1.49. The van der Waals surface area contributed by atoms with Gasteiger partial charge < -0.3 is 5.11 Å². The highest BCUT2D eigenvalue weighted by Gasteiger charge is 2.13. The van der Waals surface area contributed by atoms with E-state index in [-0.39, 0.29) is 26.9 Å². The van der Waals surface area contributed by atoms with Crippen LogP contribution < -0.4 is 0 Å². The largest absolute Gasteiger partial charge is 0.506 e. The monoisotopic (exact) mass is 301 g/mol. The molecule has 2 rings (SSSR count). The minimum absolute atomic E-state index is 0.00890. The van der Waals surface area contributed by atoms with Crippen LogP contribution >= 0.6 is 11.6 Å². The molecule has 4 nitrogen and oxygen atoms in total. The average Bonchev–Trinajstić information content (AvgIpc) is 2.33. The van der Waals surface area contributed by atoms with Crippen LogP contribution in [0.5, 0.6) is 5.75 Å². The van der Waals surface area contributed by atoms with Gasteiger partial charge in [-0.05, 0) is 18.2 Å². The second-order valence-corrected chi connectivity index (χ2v) is 6.36. The lowest BCUT2D eigenvalue weighted by Gasteiger charge is -2.05. The first-order valence-corrected chi connectivity index (χ1v) is 7.40. The van der Waals surface area contributed by atoms with Gasteiger partial charge in [0.15, 0.2) is 9.84 Å². The maximum atomic E-state index is 13.7. The molecule has 0 saturated carbocycles. The molecule has 1 heterocycles. The summed E-state index contributed by atoms with van der Waals surface area (Å²) in [5, 5.41) is 9.24. The number of hydrogen-bond donors (Lipinski definition) is 1. The summed E-state index contributed by atoms with van der Waals surface area (Å²) < 4.78 is 36.2. The van der Waals surface area contributed by atoms with Crippen molar-refractivity contribution in [2.75, 3.05) is 6.26 Å². The van der Waals surface area contributed by atoms with Crippen LogP contribution in [0.15, 0.2) is 35.4 Å². The van der Waals surface area contributed by atoms with E-state index in [9.17, 15) is 17.9 Å². The lowest BCUT2D eigenvalue weighted by Crippen LogP contribution is -1.98. The predicted molar refractivity (Wildman–Crippen MR) is 69.4 cm³/mol. The van der Waals surface area contributed by atoms with Crippen molar-refractivity contribution in [3.8, 4) is 17.0 Å². The van der Waals surface area contributed by atoms with Crippen molar-refractivity contribution in [3.63, 3.8) is 0 Å². The summed E-state index contributed by atoms with van der Waals surface area (Å²) in [4.78, 5) is 3.93. The number of hydrogen-bond acceptors (Lipinski definition) is 4. The molecule has 0 bridgehead atoms. The Kier molecular flexibility index (Phi) is 3.47. The molecule has 0 radical (unpaired) electrons. The van der Waals surface area contributed by atoms with E-state index in [1.807, 2.05) is 0 Å². The molecule has 0 unspecified atom stereocenters. The molecule has 0 amide bonds. The van der Waals surface area contributed by atoms with Crippen LogP contribution in [0.2, 0.25) is 5.02 Å². The Labute approximate surface area is 114 Å². The molecule has 7 heteroatoms. The van der Waals surface area contributed by atoms with Gasteiger partial charge in [0.1, 0.15) is 11.6 Å². The molecule has 1 aromatic heterocycles. The summed E-state index contributed by atoms with van der Waals surface area (Å²) in [6.07, 6.45) is 2.20. The third-order valence-corrected chi connectivity index (χ3v) is 3.88. The number of rotatable bonds is 2. The number of halogens is 2. The average molecular weight is 302 g/mol. The van der Waals surface area contributed by atoms with Crippen LogP contribution in [-0.2, 0) is 9.84 Å². The molecular formula is C12H9ClFNO3S. The maximum Gasteiger partial charge on any atom is 0.177 e. The first-order chi connectivity index (χ1) is 8.79. The van der Waals surface area contributed by atoms with Crippen LogP contribution in [0.4, 0.5) is 4.39 Å². The van der Waals surface area contributed by atoms with Crippen molar-refractivity contribution in [3.05, 3.63) is 41.3 Å². The zero-order chi connectivity index (χ0) is 14.2. The number of pyridine rings is 1. The number of benzene rings is 1. The van der Waals surface area contributed by atoms with Crippen molar-refractivity contribution in [1.82, 2.24) is 4.98 Å². The summed E-state index contributed by atoms with van der Waals surface area (Å²) in [7, 11) is -3.35. The standard InChI is InChI=1S/C12H9ClFNO3S/c1-19(17,18)7-2-3-11(15-6-7)8-4-9(13)12(16)5-10(8)14/h2-6,16H,1H3. The van der Waals surface area contributed by atoms with E-state index in [0.29, 0.717) is 0 Å². The van der Waals surface area contributed by atoms with Crippen LogP contribution in [0.3, 0.4) is 0 Å². The third-order valence-electron chi connectivity index (χ3n) is 2.48. The van der Waals surface area contributed by atoms with E-state index in [1.165, 1.54) is 18.2 Å². The van der Waals surface area contributed by atoms with Crippen molar-refractivity contribution in [2.24, 2.45) is 0 Å². The topological polar surface area (TPSA) is 67.3 Å². The number of aromatic hydroxyl groups is 1. The van der Waals surface area contributed by atoms with Crippen molar-refractivity contribution >= 4 is 21.4 Å². The molecule has 0 aliphatic heterocycles. The highest BCUT2D eigenvalue weighted by atomic mass is 35.5. The molecule has 2 aromatic rings. The molecule has 0 atom stereocenters. The van der Waals surface area contributed by atoms with Gasteiger partial charge in [-0.2, -0.15) is 0 Å².